The number of amides is 1. The lowest BCUT2D eigenvalue weighted by molar-refractivity contribution is -0.117. The second-order valence-electron chi connectivity index (χ2n) is 6.14. The van der Waals surface area contributed by atoms with Crippen LogP contribution in [-0.4, -0.2) is 52.3 Å². The molecule has 7 heteroatoms. The maximum Gasteiger partial charge on any atom is 0.238 e. The number of anilines is 1. The summed E-state index contributed by atoms with van der Waals surface area (Å²) in [7, 11) is 1.62. The maximum atomic E-state index is 12.2. The van der Waals surface area contributed by atoms with Gasteiger partial charge in [-0.2, -0.15) is 5.10 Å². The quantitative estimate of drug-likeness (QED) is 0.872. The van der Waals surface area contributed by atoms with Crippen LogP contribution in [-0.2, 0) is 11.3 Å². The van der Waals surface area contributed by atoms with Crippen molar-refractivity contribution < 1.29 is 9.53 Å². The normalized spacial score (nSPS) is 18.3. The molecule has 128 valence electrons. The minimum Gasteiger partial charge on any atom is -0.497 e. The standard InChI is InChI=1S/C17H23N5O2/c1-24-16-6-4-15(5-7-16)20-17(23)11-21-8-2-3-14(9-21)10-22-13-18-12-19-22/h4-7,12-14H,2-3,8-11H2,1H3,(H,20,23)/t14-/m0/s1. The highest BCUT2D eigenvalue weighted by Crippen LogP contribution is 2.18. The molecule has 2 aromatic rings. The van der Waals surface area contributed by atoms with Gasteiger partial charge >= 0.3 is 0 Å². The molecule has 0 bridgehead atoms. The largest absolute Gasteiger partial charge is 0.497 e. The summed E-state index contributed by atoms with van der Waals surface area (Å²) in [6, 6.07) is 7.37. The Morgan fingerprint density at radius 2 is 2.21 bits per heavy atom. The number of ether oxygens (including phenoxy) is 1. The van der Waals surface area contributed by atoms with E-state index >= 15 is 0 Å². The van der Waals surface area contributed by atoms with Gasteiger partial charge in [0.15, 0.2) is 0 Å². The van der Waals surface area contributed by atoms with Gasteiger partial charge in [-0.05, 0) is 49.6 Å². The van der Waals surface area contributed by atoms with Crippen molar-refractivity contribution in [1.29, 1.82) is 0 Å². The number of carbonyl (C=O) groups excluding carboxylic acids is 1. The molecule has 1 N–H and O–H groups in total. The van der Waals surface area contributed by atoms with Gasteiger partial charge in [0.1, 0.15) is 18.4 Å². The van der Waals surface area contributed by atoms with Crippen LogP contribution in [0.4, 0.5) is 5.69 Å². The summed E-state index contributed by atoms with van der Waals surface area (Å²) in [5.74, 6) is 1.30. The van der Waals surface area contributed by atoms with Crippen LogP contribution < -0.4 is 10.1 Å². The van der Waals surface area contributed by atoms with Gasteiger partial charge < -0.3 is 10.1 Å². The molecule has 1 aliphatic heterocycles. The first-order valence-electron chi connectivity index (χ1n) is 8.21. The van der Waals surface area contributed by atoms with Crippen LogP contribution in [0.1, 0.15) is 12.8 Å². The number of likely N-dealkylation sites (tertiary alicyclic amines) is 1. The molecule has 24 heavy (non-hydrogen) atoms. The molecule has 0 saturated carbocycles. The van der Waals surface area contributed by atoms with Crippen LogP contribution >= 0.6 is 0 Å². The van der Waals surface area contributed by atoms with E-state index in [2.05, 4.69) is 20.3 Å². The zero-order chi connectivity index (χ0) is 16.8. The lowest BCUT2D eigenvalue weighted by Gasteiger charge is -2.32. The first-order valence-corrected chi connectivity index (χ1v) is 8.21. The zero-order valence-corrected chi connectivity index (χ0v) is 13.9. The van der Waals surface area contributed by atoms with Gasteiger partial charge in [0.25, 0.3) is 0 Å². The van der Waals surface area contributed by atoms with E-state index in [4.69, 9.17) is 4.74 Å². The average molecular weight is 329 g/mol. The average Bonchev–Trinajstić information content (AvgIpc) is 3.09. The van der Waals surface area contributed by atoms with Gasteiger partial charge in [0, 0.05) is 18.8 Å². The fourth-order valence-electron chi connectivity index (χ4n) is 3.11. The van der Waals surface area contributed by atoms with Crippen molar-refractivity contribution in [3.05, 3.63) is 36.9 Å². The van der Waals surface area contributed by atoms with Crippen LogP contribution in [0.25, 0.3) is 0 Å². The van der Waals surface area contributed by atoms with Crippen molar-refractivity contribution in [2.24, 2.45) is 5.92 Å². The van der Waals surface area contributed by atoms with E-state index in [0.29, 0.717) is 12.5 Å². The number of hydrogen-bond donors (Lipinski definition) is 1. The number of nitrogens with zero attached hydrogens (tertiary/aromatic N) is 4. The predicted octanol–water partition coefficient (Wildman–Crippen LogP) is 1.64. The van der Waals surface area contributed by atoms with E-state index in [1.165, 1.54) is 0 Å². The number of piperidine rings is 1. The van der Waals surface area contributed by atoms with Crippen LogP contribution in [0.15, 0.2) is 36.9 Å². The Balaban J connectivity index is 1.48. The summed E-state index contributed by atoms with van der Waals surface area (Å²) in [5.41, 5.74) is 0.789. The van der Waals surface area contributed by atoms with Crippen LogP contribution in [0, 0.1) is 5.92 Å². The first-order chi connectivity index (χ1) is 11.7. The van der Waals surface area contributed by atoms with Crippen molar-refractivity contribution in [3.8, 4) is 5.75 Å². The summed E-state index contributed by atoms with van der Waals surface area (Å²) < 4.78 is 6.98. The molecule has 0 radical (unpaired) electrons. The van der Waals surface area contributed by atoms with E-state index in [-0.39, 0.29) is 5.91 Å². The molecule has 2 heterocycles. The van der Waals surface area contributed by atoms with Gasteiger partial charge in [-0.1, -0.05) is 0 Å². The molecule has 1 fully saturated rings. The first kappa shape index (κ1) is 16.4. The smallest absolute Gasteiger partial charge is 0.238 e. The number of aromatic nitrogens is 3. The fourth-order valence-corrected chi connectivity index (χ4v) is 3.11. The van der Waals surface area contributed by atoms with Gasteiger partial charge in [0.05, 0.1) is 13.7 Å². The van der Waals surface area contributed by atoms with Crippen LogP contribution in [0.3, 0.4) is 0 Å². The van der Waals surface area contributed by atoms with Gasteiger partial charge in [-0.3, -0.25) is 14.4 Å². The number of methoxy groups -OCH3 is 1. The van der Waals surface area contributed by atoms with E-state index in [9.17, 15) is 4.79 Å². The predicted molar refractivity (Wildman–Crippen MR) is 90.8 cm³/mol. The Morgan fingerprint density at radius 1 is 1.38 bits per heavy atom. The number of rotatable bonds is 6. The third-order valence-electron chi connectivity index (χ3n) is 4.26. The minimum absolute atomic E-state index is 0.0153. The molecule has 7 nitrogen and oxygen atoms in total. The molecule has 1 aromatic heterocycles. The number of benzene rings is 1. The highest BCUT2D eigenvalue weighted by atomic mass is 16.5. The summed E-state index contributed by atoms with van der Waals surface area (Å²) in [6.07, 6.45) is 5.57. The van der Waals surface area contributed by atoms with Crippen molar-refractivity contribution in [2.45, 2.75) is 19.4 Å². The van der Waals surface area contributed by atoms with Gasteiger partial charge in [0.2, 0.25) is 5.91 Å². The number of carbonyl (C=O) groups is 1. The second kappa shape index (κ2) is 7.92. The molecule has 0 unspecified atom stereocenters. The molecule has 1 aromatic carbocycles. The minimum atomic E-state index is 0.0153. The van der Waals surface area contributed by atoms with Gasteiger partial charge in [-0.25, -0.2) is 4.98 Å². The van der Waals surface area contributed by atoms with Crippen molar-refractivity contribution in [1.82, 2.24) is 19.7 Å². The molecule has 0 spiro atoms. The van der Waals surface area contributed by atoms with E-state index < -0.39 is 0 Å². The van der Waals surface area contributed by atoms with Crippen LogP contribution in [0.2, 0.25) is 0 Å². The highest BCUT2D eigenvalue weighted by molar-refractivity contribution is 5.92. The Kier molecular flexibility index (Phi) is 5.43. The number of nitrogens with one attached hydrogen (secondary N) is 1. The van der Waals surface area contributed by atoms with Crippen molar-refractivity contribution in [3.63, 3.8) is 0 Å². The summed E-state index contributed by atoms with van der Waals surface area (Å²) in [5, 5.41) is 7.10. The highest BCUT2D eigenvalue weighted by Gasteiger charge is 2.22. The topological polar surface area (TPSA) is 72.3 Å². The Labute approximate surface area is 141 Å². The molecule has 1 amide bonds. The lowest BCUT2D eigenvalue weighted by Crippen LogP contribution is -2.41. The second-order valence-corrected chi connectivity index (χ2v) is 6.14. The van der Waals surface area contributed by atoms with Crippen molar-refractivity contribution >= 4 is 11.6 Å². The molecule has 0 aliphatic carbocycles. The summed E-state index contributed by atoms with van der Waals surface area (Å²) >= 11 is 0. The lowest BCUT2D eigenvalue weighted by atomic mass is 9.98. The fraction of sp³-hybridized carbons (Fsp3) is 0.471. The third kappa shape index (κ3) is 4.55. The van der Waals surface area contributed by atoms with E-state index in [1.807, 2.05) is 28.9 Å². The van der Waals surface area contributed by atoms with E-state index in [0.717, 1.165) is 43.9 Å². The van der Waals surface area contributed by atoms with Crippen LogP contribution in [0.5, 0.6) is 5.75 Å². The molecule has 1 saturated heterocycles. The van der Waals surface area contributed by atoms with E-state index in [1.54, 1.807) is 19.8 Å². The Hall–Kier alpha value is -2.41. The molecular formula is C17H23N5O2. The summed E-state index contributed by atoms with van der Waals surface area (Å²) in [6.45, 7) is 3.15. The van der Waals surface area contributed by atoms with Crippen molar-refractivity contribution in [2.75, 3.05) is 32.1 Å². The number of hydrogen-bond acceptors (Lipinski definition) is 5. The molecular weight excluding hydrogens is 306 g/mol. The monoisotopic (exact) mass is 329 g/mol. The zero-order valence-electron chi connectivity index (χ0n) is 13.9. The molecule has 3 rings (SSSR count). The SMILES string of the molecule is COc1ccc(NC(=O)CN2CCC[C@H](Cn3cncn3)C2)cc1. The Morgan fingerprint density at radius 3 is 2.92 bits per heavy atom. The maximum absolute atomic E-state index is 12.2. The molecule has 1 atom stereocenters. The Bertz CT molecular complexity index is 642. The third-order valence-corrected chi connectivity index (χ3v) is 4.26. The molecule has 1 aliphatic rings. The summed E-state index contributed by atoms with van der Waals surface area (Å²) in [4.78, 5) is 18.4. The van der Waals surface area contributed by atoms with Gasteiger partial charge in [-0.15, -0.1) is 0 Å².